The highest BCUT2D eigenvalue weighted by molar-refractivity contribution is 9.09. The van der Waals surface area contributed by atoms with Crippen LogP contribution in [-0.2, 0) is 0 Å². The Labute approximate surface area is 111 Å². The Kier molecular flexibility index (Phi) is 4.54. The molecule has 0 bridgehead atoms. The second-order valence-electron chi connectivity index (χ2n) is 7.85. The zero-order valence-electron chi connectivity index (χ0n) is 11.9. The van der Waals surface area contributed by atoms with Crippen molar-refractivity contribution in [3.63, 3.8) is 0 Å². The zero-order valence-corrected chi connectivity index (χ0v) is 13.5. The molecular formula is C15H29Br. The van der Waals surface area contributed by atoms with E-state index < -0.39 is 0 Å². The van der Waals surface area contributed by atoms with Crippen LogP contribution in [-0.4, -0.2) is 5.33 Å². The summed E-state index contributed by atoms with van der Waals surface area (Å²) in [6, 6.07) is 0. The molecular weight excluding hydrogens is 260 g/mol. The van der Waals surface area contributed by atoms with E-state index in [1.54, 1.807) is 0 Å². The number of alkyl halides is 1. The molecule has 0 N–H and O–H groups in total. The maximum absolute atomic E-state index is 3.70. The van der Waals surface area contributed by atoms with E-state index in [2.05, 4.69) is 57.5 Å². The molecule has 1 rings (SSSR count). The van der Waals surface area contributed by atoms with Crippen LogP contribution in [0.4, 0.5) is 0 Å². The van der Waals surface area contributed by atoms with E-state index in [9.17, 15) is 0 Å². The molecule has 0 aliphatic heterocycles. The summed E-state index contributed by atoms with van der Waals surface area (Å²) < 4.78 is 0. The van der Waals surface area contributed by atoms with Crippen LogP contribution in [0, 0.1) is 28.6 Å². The van der Waals surface area contributed by atoms with Gasteiger partial charge in [-0.25, -0.2) is 0 Å². The van der Waals surface area contributed by atoms with Gasteiger partial charge in [-0.1, -0.05) is 57.5 Å². The van der Waals surface area contributed by atoms with Gasteiger partial charge >= 0.3 is 0 Å². The lowest BCUT2D eigenvalue weighted by Crippen LogP contribution is -2.36. The summed E-state index contributed by atoms with van der Waals surface area (Å²) in [6.45, 7) is 14.5. The Morgan fingerprint density at radius 2 is 1.19 bits per heavy atom. The van der Waals surface area contributed by atoms with Crippen LogP contribution in [0.5, 0.6) is 0 Å². The fourth-order valence-corrected chi connectivity index (χ4v) is 3.51. The minimum Gasteiger partial charge on any atom is -0.0925 e. The Bertz CT molecular complexity index is 197. The van der Waals surface area contributed by atoms with Crippen LogP contribution in [0.2, 0.25) is 0 Å². The topological polar surface area (TPSA) is 0 Å². The van der Waals surface area contributed by atoms with Crippen LogP contribution in [0.25, 0.3) is 0 Å². The summed E-state index contributed by atoms with van der Waals surface area (Å²) in [5.41, 5.74) is 0.953. The Hall–Kier alpha value is 0.480. The fraction of sp³-hybridized carbons (Fsp3) is 1.00. The lowest BCUT2D eigenvalue weighted by atomic mass is 9.61. The van der Waals surface area contributed by atoms with E-state index in [0.29, 0.717) is 10.8 Å². The first-order valence-electron chi connectivity index (χ1n) is 6.70. The van der Waals surface area contributed by atoms with Crippen molar-refractivity contribution < 1.29 is 0 Å². The van der Waals surface area contributed by atoms with E-state index in [0.717, 1.165) is 17.8 Å². The van der Waals surface area contributed by atoms with E-state index in [-0.39, 0.29) is 0 Å². The van der Waals surface area contributed by atoms with Crippen molar-refractivity contribution in [2.24, 2.45) is 28.6 Å². The Morgan fingerprint density at radius 1 is 0.812 bits per heavy atom. The third-order valence-electron chi connectivity index (χ3n) is 4.47. The highest BCUT2D eigenvalue weighted by Gasteiger charge is 2.38. The summed E-state index contributed by atoms with van der Waals surface area (Å²) in [5, 5.41) is 1.19. The van der Waals surface area contributed by atoms with Gasteiger partial charge < -0.3 is 0 Å². The lowest BCUT2D eigenvalue weighted by Gasteiger charge is -2.45. The van der Waals surface area contributed by atoms with Gasteiger partial charge in [-0.2, -0.15) is 0 Å². The van der Waals surface area contributed by atoms with Gasteiger partial charge in [0.1, 0.15) is 0 Å². The van der Waals surface area contributed by atoms with Gasteiger partial charge in [0.05, 0.1) is 0 Å². The Balaban J connectivity index is 2.77. The summed E-state index contributed by atoms with van der Waals surface area (Å²) in [7, 11) is 0. The van der Waals surface area contributed by atoms with E-state index >= 15 is 0 Å². The predicted molar refractivity (Wildman–Crippen MR) is 77.0 cm³/mol. The molecule has 0 aromatic rings. The second kappa shape index (κ2) is 5.00. The standard InChI is InChI=1S/C15H29Br/c1-14(2,3)12-7-11(10-16)8-13(9-12)15(4,5)6/h11-13H,7-10H2,1-6H3. The van der Waals surface area contributed by atoms with Gasteiger partial charge in [-0.05, 0) is 47.8 Å². The molecule has 1 aliphatic carbocycles. The molecule has 0 nitrogen and oxygen atoms in total. The average Bonchev–Trinajstić information content (AvgIpc) is 2.14. The van der Waals surface area contributed by atoms with Crippen LogP contribution in [0.1, 0.15) is 60.8 Å². The number of hydrogen-bond donors (Lipinski definition) is 0. The number of hydrogen-bond acceptors (Lipinski definition) is 0. The molecule has 2 atom stereocenters. The third kappa shape index (κ3) is 3.75. The van der Waals surface area contributed by atoms with Crippen LogP contribution < -0.4 is 0 Å². The molecule has 2 unspecified atom stereocenters. The van der Waals surface area contributed by atoms with E-state index in [4.69, 9.17) is 0 Å². The van der Waals surface area contributed by atoms with E-state index in [1.807, 2.05) is 0 Å². The Morgan fingerprint density at radius 3 is 1.44 bits per heavy atom. The molecule has 0 aromatic carbocycles. The molecule has 1 aliphatic rings. The van der Waals surface area contributed by atoms with Crippen LogP contribution in [0.15, 0.2) is 0 Å². The molecule has 0 heterocycles. The fourth-order valence-electron chi connectivity index (χ4n) is 2.98. The van der Waals surface area contributed by atoms with Gasteiger partial charge in [0, 0.05) is 5.33 Å². The SMILES string of the molecule is CC(C)(C)C1CC(CBr)CC(C(C)(C)C)C1. The molecule has 16 heavy (non-hydrogen) atoms. The molecule has 96 valence electrons. The molecule has 1 saturated carbocycles. The third-order valence-corrected chi connectivity index (χ3v) is 5.39. The molecule has 0 spiro atoms. The summed E-state index contributed by atoms with van der Waals surface area (Å²) in [5.74, 6) is 2.68. The zero-order chi connectivity index (χ0) is 12.6. The van der Waals surface area contributed by atoms with Crippen LogP contribution in [0.3, 0.4) is 0 Å². The summed E-state index contributed by atoms with van der Waals surface area (Å²) in [4.78, 5) is 0. The van der Waals surface area contributed by atoms with E-state index in [1.165, 1.54) is 24.6 Å². The van der Waals surface area contributed by atoms with Gasteiger partial charge in [0.2, 0.25) is 0 Å². The summed E-state index contributed by atoms with van der Waals surface area (Å²) in [6.07, 6.45) is 4.26. The molecule has 0 amide bonds. The van der Waals surface area contributed by atoms with Crippen molar-refractivity contribution in [1.29, 1.82) is 0 Å². The van der Waals surface area contributed by atoms with Crippen molar-refractivity contribution in [2.45, 2.75) is 60.8 Å². The van der Waals surface area contributed by atoms with Crippen molar-refractivity contribution in [3.8, 4) is 0 Å². The highest BCUT2D eigenvalue weighted by Crippen LogP contribution is 2.48. The minimum atomic E-state index is 0.477. The average molecular weight is 289 g/mol. The highest BCUT2D eigenvalue weighted by atomic mass is 79.9. The van der Waals surface area contributed by atoms with Gasteiger partial charge in [0.25, 0.3) is 0 Å². The molecule has 1 heteroatoms. The number of rotatable bonds is 1. The smallest absolute Gasteiger partial charge is 0.00598 e. The molecule has 0 aromatic heterocycles. The normalized spacial score (nSPS) is 32.8. The quantitative estimate of drug-likeness (QED) is 0.559. The predicted octanol–water partition coefficient (Wildman–Crippen LogP) is 5.51. The first-order valence-corrected chi connectivity index (χ1v) is 7.82. The first kappa shape index (κ1) is 14.5. The maximum Gasteiger partial charge on any atom is 0.00598 e. The van der Waals surface area contributed by atoms with Crippen molar-refractivity contribution in [3.05, 3.63) is 0 Å². The minimum absolute atomic E-state index is 0.477. The lowest BCUT2D eigenvalue weighted by molar-refractivity contribution is 0.0567. The van der Waals surface area contributed by atoms with Crippen molar-refractivity contribution in [2.75, 3.05) is 5.33 Å². The molecule has 0 saturated heterocycles. The summed E-state index contributed by atoms with van der Waals surface area (Å²) >= 11 is 3.70. The second-order valence-corrected chi connectivity index (χ2v) is 8.50. The largest absolute Gasteiger partial charge is 0.0925 e. The van der Waals surface area contributed by atoms with Crippen molar-refractivity contribution >= 4 is 15.9 Å². The van der Waals surface area contributed by atoms with Crippen LogP contribution >= 0.6 is 15.9 Å². The van der Waals surface area contributed by atoms with Gasteiger partial charge in [-0.3, -0.25) is 0 Å². The van der Waals surface area contributed by atoms with Gasteiger partial charge in [0.15, 0.2) is 0 Å². The number of halogens is 1. The van der Waals surface area contributed by atoms with Crippen molar-refractivity contribution in [1.82, 2.24) is 0 Å². The first-order chi connectivity index (χ1) is 7.14. The monoisotopic (exact) mass is 288 g/mol. The maximum atomic E-state index is 3.70. The molecule has 1 fully saturated rings. The van der Waals surface area contributed by atoms with Gasteiger partial charge in [-0.15, -0.1) is 0 Å². The molecule has 0 radical (unpaired) electrons.